The molecule has 0 bridgehead atoms. The van der Waals surface area contributed by atoms with Gasteiger partial charge in [-0.05, 0) is 42.5 Å². The zero-order valence-electron chi connectivity index (χ0n) is 13.2. The third-order valence-corrected chi connectivity index (χ3v) is 3.96. The highest BCUT2D eigenvalue weighted by Gasteiger charge is 2.05. The number of rotatable bonds is 7. The van der Waals surface area contributed by atoms with Crippen molar-refractivity contribution < 1.29 is 4.39 Å². The summed E-state index contributed by atoms with van der Waals surface area (Å²) in [5.74, 6) is -0.137. The number of hydrogen-bond donors (Lipinski definition) is 0. The molecule has 0 aliphatic heterocycles. The van der Waals surface area contributed by atoms with Crippen LogP contribution in [0, 0.1) is 12.7 Å². The smallest absolute Gasteiger partial charge is 0.131 e. The molecule has 1 heteroatoms. The van der Waals surface area contributed by atoms with Crippen LogP contribution >= 0.6 is 0 Å². The quantitative estimate of drug-likeness (QED) is 0.522. The van der Waals surface area contributed by atoms with Gasteiger partial charge in [0.05, 0.1) is 0 Å². The van der Waals surface area contributed by atoms with Crippen molar-refractivity contribution in [2.75, 3.05) is 0 Å². The van der Waals surface area contributed by atoms with Crippen LogP contribution in [0.2, 0.25) is 0 Å². The maximum atomic E-state index is 14.0. The third-order valence-electron chi connectivity index (χ3n) is 3.96. The molecule has 0 atom stereocenters. The Labute approximate surface area is 128 Å². The highest BCUT2D eigenvalue weighted by atomic mass is 19.1. The van der Waals surface area contributed by atoms with Crippen molar-refractivity contribution in [1.82, 2.24) is 0 Å². The second kappa shape index (κ2) is 7.97. The molecule has 0 aromatic heterocycles. The van der Waals surface area contributed by atoms with Crippen molar-refractivity contribution in [2.45, 2.75) is 52.4 Å². The van der Waals surface area contributed by atoms with Crippen LogP contribution in [0.5, 0.6) is 0 Å². The van der Waals surface area contributed by atoms with Crippen LogP contribution < -0.4 is 0 Å². The molecule has 0 nitrogen and oxygen atoms in total. The molecule has 0 radical (unpaired) electrons. The molecule has 0 aliphatic carbocycles. The topological polar surface area (TPSA) is 0 Å². The Kier molecular flexibility index (Phi) is 5.98. The molecule has 2 aromatic carbocycles. The monoisotopic (exact) mass is 284 g/mol. The molecule has 0 saturated carbocycles. The van der Waals surface area contributed by atoms with E-state index in [4.69, 9.17) is 0 Å². The number of benzene rings is 2. The van der Waals surface area contributed by atoms with E-state index in [9.17, 15) is 4.39 Å². The van der Waals surface area contributed by atoms with E-state index in [1.165, 1.54) is 37.7 Å². The van der Waals surface area contributed by atoms with Crippen LogP contribution in [-0.4, -0.2) is 0 Å². The molecule has 0 fully saturated rings. The van der Waals surface area contributed by atoms with Crippen molar-refractivity contribution in [2.24, 2.45) is 0 Å². The van der Waals surface area contributed by atoms with Crippen LogP contribution in [-0.2, 0) is 6.42 Å². The predicted octanol–water partition coefficient (Wildman–Crippen LogP) is 6.31. The summed E-state index contributed by atoms with van der Waals surface area (Å²) < 4.78 is 14.0. The molecule has 0 N–H and O–H groups in total. The first-order chi connectivity index (χ1) is 10.2. The molecule has 0 aliphatic rings. The van der Waals surface area contributed by atoms with Gasteiger partial charge in [0.2, 0.25) is 0 Å². The summed E-state index contributed by atoms with van der Waals surface area (Å²) in [7, 11) is 0. The molecule has 2 aromatic rings. The minimum Gasteiger partial charge on any atom is -0.206 e. The number of aryl methyl sites for hydroxylation is 2. The van der Waals surface area contributed by atoms with Gasteiger partial charge in [-0.15, -0.1) is 0 Å². The number of halogens is 1. The SMILES string of the molecule is CCCCCCCc1ccc(-c2ccc(C)cc2F)cc1. The van der Waals surface area contributed by atoms with E-state index in [0.717, 1.165) is 17.5 Å². The Morgan fingerprint density at radius 3 is 2.24 bits per heavy atom. The summed E-state index contributed by atoms with van der Waals surface area (Å²) in [5.41, 5.74) is 3.96. The highest BCUT2D eigenvalue weighted by molar-refractivity contribution is 5.64. The summed E-state index contributed by atoms with van der Waals surface area (Å²) in [6.07, 6.45) is 7.65. The lowest BCUT2D eigenvalue weighted by atomic mass is 10.00. The maximum Gasteiger partial charge on any atom is 0.131 e. The first-order valence-corrected chi connectivity index (χ1v) is 8.06. The Morgan fingerprint density at radius 2 is 1.57 bits per heavy atom. The van der Waals surface area contributed by atoms with Gasteiger partial charge in [0, 0.05) is 5.56 Å². The molecule has 0 spiro atoms. The lowest BCUT2D eigenvalue weighted by molar-refractivity contribution is 0.630. The largest absolute Gasteiger partial charge is 0.206 e. The zero-order valence-corrected chi connectivity index (χ0v) is 13.2. The normalized spacial score (nSPS) is 10.8. The summed E-state index contributed by atoms with van der Waals surface area (Å²) in [4.78, 5) is 0. The summed E-state index contributed by atoms with van der Waals surface area (Å²) in [6, 6.07) is 13.8. The minimum atomic E-state index is -0.137. The Bertz CT molecular complexity index is 555. The summed E-state index contributed by atoms with van der Waals surface area (Å²) in [5, 5.41) is 0. The van der Waals surface area contributed by atoms with Crippen molar-refractivity contribution in [3.63, 3.8) is 0 Å². The van der Waals surface area contributed by atoms with E-state index in [0.29, 0.717) is 5.56 Å². The Hall–Kier alpha value is -1.63. The van der Waals surface area contributed by atoms with Crippen LogP contribution in [0.3, 0.4) is 0 Å². The van der Waals surface area contributed by atoms with Gasteiger partial charge in [0.25, 0.3) is 0 Å². The van der Waals surface area contributed by atoms with E-state index in [-0.39, 0.29) is 5.82 Å². The molecule has 0 heterocycles. The predicted molar refractivity (Wildman–Crippen MR) is 89.0 cm³/mol. The third kappa shape index (κ3) is 4.70. The van der Waals surface area contributed by atoms with E-state index in [2.05, 4.69) is 19.1 Å². The lowest BCUT2D eigenvalue weighted by Crippen LogP contribution is -1.89. The summed E-state index contributed by atoms with van der Waals surface area (Å²) >= 11 is 0. The zero-order chi connectivity index (χ0) is 15.1. The Morgan fingerprint density at radius 1 is 0.857 bits per heavy atom. The molecular formula is C20H25F. The highest BCUT2D eigenvalue weighted by Crippen LogP contribution is 2.24. The second-order valence-electron chi connectivity index (χ2n) is 5.84. The van der Waals surface area contributed by atoms with Gasteiger partial charge in [0.15, 0.2) is 0 Å². The molecule has 21 heavy (non-hydrogen) atoms. The Balaban J connectivity index is 1.95. The van der Waals surface area contributed by atoms with Gasteiger partial charge in [-0.3, -0.25) is 0 Å². The van der Waals surface area contributed by atoms with Gasteiger partial charge in [0.1, 0.15) is 5.82 Å². The van der Waals surface area contributed by atoms with Crippen molar-refractivity contribution in [3.05, 3.63) is 59.4 Å². The van der Waals surface area contributed by atoms with E-state index in [1.54, 1.807) is 6.07 Å². The molecule has 0 unspecified atom stereocenters. The standard InChI is InChI=1S/C20H25F/c1-3-4-5-6-7-8-17-10-12-18(13-11-17)19-14-9-16(2)15-20(19)21/h9-15H,3-8H2,1-2H3. The molecule has 0 saturated heterocycles. The second-order valence-corrected chi connectivity index (χ2v) is 5.84. The van der Waals surface area contributed by atoms with Gasteiger partial charge in [-0.2, -0.15) is 0 Å². The van der Waals surface area contributed by atoms with Gasteiger partial charge >= 0.3 is 0 Å². The number of hydrogen-bond acceptors (Lipinski definition) is 0. The lowest BCUT2D eigenvalue weighted by Gasteiger charge is -2.06. The first kappa shape index (κ1) is 15.8. The van der Waals surface area contributed by atoms with E-state index >= 15 is 0 Å². The van der Waals surface area contributed by atoms with E-state index in [1.807, 2.05) is 31.2 Å². The molecular weight excluding hydrogens is 259 g/mol. The van der Waals surface area contributed by atoms with Gasteiger partial charge in [-0.25, -0.2) is 4.39 Å². The molecule has 0 amide bonds. The summed E-state index contributed by atoms with van der Waals surface area (Å²) in [6.45, 7) is 4.15. The van der Waals surface area contributed by atoms with Crippen molar-refractivity contribution in [3.8, 4) is 11.1 Å². The van der Waals surface area contributed by atoms with Crippen LogP contribution in [0.25, 0.3) is 11.1 Å². The minimum absolute atomic E-state index is 0.137. The van der Waals surface area contributed by atoms with Gasteiger partial charge in [-0.1, -0.05) is 69.0 Å². The van der Waals surface area contributed by atoms with Crippen LogP contribution in [0.15, 0.2) is 42.5 Å². The first-order valence-electron chi connectivity index (χ1n) is 8.06. The van der Waals surface area contributed by atoms with E-state index < -0.39 is 0 Å². The fourth-order valence-electron chi connectivity index (χ4n) is 2.64. The molecule has 112 valence electrons. The van der Waals surface area contributed by atoms with Crippen LogP contribution in [0.4, 0.5) is 4.39 Å². The average Bonchev–Trinajstić information content (AvgIpc) is 2.48. The average molecular weight is 284 g/mol. The van der Waals surface area contributed by atoms with Crippen molar-refractivity contribution in [1.29, 1.82) is 0 Å². The fourth-order valence-corrected chi connectivity index (χ4v) is 2.64. The van der Waals surface area contributed by atoms with Gasteiger partial charge < -0.3 is 0 Å². The van der Waals surface area contributed by atoms with Crippen LogP contribution in [0.1, 0.15) is 50.2 Å². The molecule has 2 rings (SSSR count). The number of unbranched alkanes of at least 4 members (excludes halogenated alkanes) is 4. The van der Waals surface area contributed by atoms with Crippen molar-refractivity contribution >= 4 is 0 Å². The fraction of sp³-hybridized carbons (Fsp3) is 0.400. The maximum absolute atomic E-state index is 14.0.